The average molecular weight is 667 g/mol. The predicted octanol–water partition coefficient (Wildman–Crippen LogP) is 0.963. The molecule has 0 bridgehead atoms. The van der Waals surface area contributed by atoms with Gasteiger partial charge in [0.2, 0.25) is 11.2 Å². The first-order valence-corrected chi connectivity index (χ1v) is 15.4. The van der Waals surface area contributed by atoms with Gasteiger partial charge in [-0.25, -0.2) is 19.1 Å². The molecule has 1 saturated carbocycles. The quantitative estimate of drug-likeness (QED) is 0.113. The Kier molecular flexibility index (Phi) is 10.8. The molecule has 0 radical (unpaired) electrons. The van der Waals surface area contributed by atoms with Gasteiger partial charge >= 0.3 is 26.4 Å². The van der Waals surface area contributed by atoms with Crippen molar-refractivity contribution < 1.29 is 62.3 Å². The molecular weight excluding hydrogens is 635 g/mol. The Labute approximate surface area is 254 Å². The van der Waals surface area contributed by atoms with Crippen LogP contribution in [0.2, 0.25) is 5.28 Å². The van der Waals surface area contributed by atoms with Crippen LogP contribution >= 0.6 is 19.2 Å². The lowest BCUT2D eigenvalue weighted by Crippen LogP contribution is -2.42. The number of carbonyl (C=O) groups is 3. The van der Waals surface area contributed by atoms with Crippen LogP contribution in [-0.2, 0) is 37.6 Å². The van der Waals surface area contributed by atoms with Crippen LogP contribution in [0.15, 0.2) is 6.33 Å². The number of rotatable bonds is 11. The van der Waals surface area contributed by atoms with Crippen LogP contribution in [-0.4, -0.2) is 123 Å². The van der Waals surface area contributed by atoms with Gasteiger partial charge in [0.1, 0.15) is 24.5 Å². The number of nitrogens with zero attached hydrogens (tertiary/aromatic N) is 5. The van der Waals surface area contributed by atoms with E-state index in [1.54, 1.807) is 0 Å². The standard InChI is InChI=1S/C23H32ClN6O13P/c1-29(13(31)9-44(36,37)43-23(41-21(34)38-2)42-22(35)39-3)8-12-15(32)16(33)19(40-12)30-10-25-14-17(26-11-6-4-5-7-11)27-20(24)28-18(14)30/h10-12,15-16,19,23,32-33H,4-9H2,1-3H3,(H,36,37)(H,26,27,28)/t12-,15-,16-,19-/m1/s1. The fourth-order valence-corrected chi connectivity index (χ4v) is 5.88. The van der Waals surface area contributed by atoms with Crippen LogP contribution in [0.3, 0.4) is 0 Å². The summed E-state index contributed by atoms with van der Waals surface area (Å²) in [6.45, 7) is -2.72. The molecule has 2 aromatic rings. The van der Waals surface area contributed by atoms with Gasteiger partial charge in [-0.2, -0.15) is 9.97 Å². The van der Waals surface area contributed by atoms with Crippen molar-refractivity contribution in [3.8, 4) is 0 Å². The van der Waals surface area contributed by atoms with Gasteiger partial charge in [-0.3, -0.25) is 13.9 Å². The van der Waals surface area contributed by atoms with E-state index in [1.165, 1.54) is 17.9 Å². The first kappa shape index (κ1) is 33.6. The SMILES string of the molecule is COC(=O)OC(OC(=O)OC)OP(=O)(O)CC(=O)N(C)C[C@H]1O[C@@H](n2cnc3c(NC4CCCC4)nc(Cl)nc32)[C@H](O)[C@@H]1O. The van der Waals surface area contributed by atoms with Gasteiger partial charge in [0.05, 0.1) is 20.5 Å². The van der Waals surface area contributed by atoms with Gasteiger partial charge in [0.15, 0.2) is 23.2 Å². The zero-order valence-corrected chi connectivity index (χ0v) is 25.4. The molecule has 1 aliphatic carbocycles. The van der Waals surface area contributed by atoms with E-state index in [9.17, 15) is 34.1 Å². The molecule has 244 valence electrons. The number of nitrogens with one attached hydrogen (secondary N) is 1. The normalized spacial score (nSPS) is 23.4. The Morgan fingerprint density at radius 1 is 1.16 bits per heavy atom. The maximum absolute atomic E-state index is 12.8. The maximum atomic E-state index is 12.8. The molecule has 3 heterocycles. The van der Waals surface area contributed by atoms with Gasteiger partial charge in [-0.1, -0.05) is 12.8 Å². The molecular formula is C23H32ClN6O13P. The number of amides is 1. The highest BCUT2D eigenvalue weighted by molar-refractivity contribution is 7.53. The lowest BCUT2D eigenvalue weighted by molar-refractivity contribution is -0.202. The second kappa shape index (κ2) is 14.2. The summed E-state index contributed by atoms with van der Waals surface area (Å²) in [6.07, 6.45) is -3.88. The molecule has 1 unspecified atom stereocenters. The molecule has 4 rings (SSSR count). The van der Waals surface area contributed by atoms with E-state index in [2.05, 4.69) is 43.7 Å². The fraction of sp³-hybridized carbons (Fsp3) is 0.652. The monoisotopic (exact) mass is 666 g/mol. The third-order valence-corrected chi connectivity index (χ3v) is 8.23. The van der Waals surface area contributed by atoms with E-state index >= 15 is 0 Å². The summed E-state index contributed by atoms with van der Waals surface area (Å²) < 4.78 is 41.8. The van der Waals surface area contributed by atoms with Crippen molar-refractivity contribution >= 4 is 54.4 Å². The number of aliphatic hydroxyl groups is 2. The average Bonchev–Trinajstić information content (AvgIpc) is 3.69. The summed E-state index contributed by atoms with van der Waals surface area (Å²) in [5.74, 6) is -0.554. The number of fused-ring (bicyclic) bond motifs is 1. The lowest BCUT2D eigenvalue weighted by atomic mass is 10.1. The number of hydrogen-bond acceptors (Lipinski definition) is 16. The van der Waals surface area contributed by atoms with E-state index in [1.807, 2.05) is 0 Å². The highest BCUT2D eigenvalue weighted by atomic mass is 35.5. The maximum Gasteiger partial charge on any atom is 0.512 e. The highest BCUT2D eigenvalue weighted by Crippen LogP contribution is 2.44. The third-order valence-electron chi connectivity index (χ3n) is 6.89. The zero-order valence-electron chi connectivity index (χ0n) is 23.8. The van der Waals surface area contributed by atoms with E-state index in [4.69, 9.17) is 16.3 Å². The van der Waals surface area contributed by atoms with Crippen molar-refractivity contribution in [3.05, 3.63) is 11.6 Å². The third kappa shape index (κ3) is 8.03. The van der Waals surface area contributed by atoms with Crippen LogP contribution in [0.5, 0.6) is 0 Å². The number of anilines is 1. The first-order chi connectivity index (χ1) is 20.8. The number of halogens is 1. The fourth-order valence-electron chi connectivity index (χ4n) is 4.71. The summed E-state index contributed by atoms with van der Waals surface area (Å²) in [5.41, 5.74) is 0.620. The van der Waals surface area contributed by atoms with Crippen molar-refractivity contribution in [1.82, 2.24) is 24.4 Å². The second-order valence-electron chi connectivity index (χ2n) is 9.95. The summed E-state index contributed by atoms with van der Waals surface area (Å²) in [6, 6.07) is 0.202. The molecule has 2 aliphatic rings. The van der Waals surface area contributed by atoms with E-state index < -0.39 is 63.0 Å². The van der Waals surface area contributed by atoms with E-state index in [0.717, 1.165) is 44.8 Å². The molecule has 0 aromatic carbocycles. The zero-order chi connectivity index (χ0) is 32.2. The van der Waals surface area contributed by atoms with Crippen LogP contribution < -0.4 is 5.32 Å². The molecule has 19 nitrogen and oxygen atoms in total. The molecule has 0 spiro atoms. The molecule has 1 amide bonds. The molecule has 2 fully saturated rings. The van der Waals surface area contributed by atoms with Crippen molar-refractivity contribution in [2.75, 3.05) is 39.3 Å². The molecule has 44 heavy (non-hydrogen) atoms. The number of aromatic nitrogens is 4. The molecule has 5 atom stereocenters. The van der Waals surface area contributed by atoms with Crippen molar-refractivity contribution in [1.29, 1.82) is 0 Å². The van der Waals surface area contributed by atoms with Crippen LogP contribution in [0.1, 0.15) is 31.9 Å². The minimum atomic E-state index is -4.92. The van der Waals surface area contributed by atoms with Gasteiger partial charge in [-0.15, -0.1) is 0 Å². The highest BCUT2D eigenvalue weighted by Gasteiger charge is 2.45. The van der Waals surface area contributed by atoms with E-state index in [0.29, 0.717) is 11.3 Å². The number of ether oxygens (including phenoxy) is 5. The van der Waals surface area contributed by atoms with Crippen molar-refractivity contribution in [2.24, 2.45) is 0 Å². The molecule has 1 aliphatic heterocycles. The Morgan fingerprint density at radius 3 is 2.41 bits per heavy atom. The second-order valence-corrected chi connectivity index (χ2v) is 12.1. The summed E-state index contributed by atoms with van der Waals surface area (Å²) >= 11 is 6.18. The van der Waals surface area contributed by atoms with Crippen molar-refractivity contribution in [2.45, 2.75) is 62.7 Å². The van der Waals surface area contributed by atoms with Gasteiger partial charge < -0.3 is 49.0 Å². The number of methoxy groups -OCH3 is 2. The summed E-state index contributed by atoms with van der Waals surface area (Å²) in [5, 5.41) is 24.8. The van der Waals surface area contributed by atoms with Crippen LogP contribution in [0.25, 0.3) is 11.2 Å². The number of likely N-dealkylation sites (N-methyl/N-ethyl adjacent to an activating group) is 1. The summed E-state index contributed by atoms with van der Waals surface area (Å²) in [4.78, 5) is 59.5. The predicted molar refractivity (Wildman–Crippen MR) is 146 cm³/mol. The Balaban J connectivity index is 1.41. The minimum absolute atomic E-state index is 0.0680. The van der Waals surface area contributed by atoms with Gasteiger partial charge in [0.25, 0.3) is 0 Å². The van der Waals surface area contributed by atoms with E-state index in [-0.39, 0.29) is 23.5 Å². The Morgan fingerprint density at radius 2 is 1.80 bits per heavy atom. The summed E-state index contributed by atoms with van der Waals surface area (Å²) in [7, 11) is -1.84. The minimum Gasteiger partial charge on any atom is -0.437 e. The number of aliphatic hydroxyl groups excluding tert-OH is 2. The topological polar surface area (TPSA) is 243 Å². The van der Waals surface area contributed by atoms with Crippen LogP contribution in [0.4, 0.5) is 15.4 Å². The number of hydrogen-bond donors (Lipinski definition) is 4. The Hall–Kier alpha value is -3.32. The molecule has 1 saturated heterocycles. The number of carbonyl (C=O) groups excluding carboxylic acids is 3. The van der Waals surface area contributed by atoms with Crippen molar-refractivity contribution in [3.63, 3.8) is 0 Å². The molecule has 4 N–H and O–H groups in total. The van der Waals surface area contributed by atoms with Crippen LogP contribution in [0, 0.1) is 0 Å². The molecule has 21 heteroatoms. The smallest absolute Gasteiger partial charge is 0.437 e. The lowest BCUT2D eigenvalue weighted by Gasteiger charge is -2.24. The number of imidazole rings is 1. The largest absolute Gasteiger partial charge is 0.512 e. The van der Waals surface area contributed by atoms with Gasteiger partial charge in [0, 0.05) is 19.6 Å². The van der Waals surface area contributed by atoms with Gasteiger partial charge in [-0.05, 0) is 24.4 Å². The first-order valence-electron chi connectivity index (χ1n) is 13.2. The Bertz CT molecular complexity index is 1390. The molecule has 2 aromatic heterocycles.